The van der Waals surface area contributed by atoms with Gasteiger partial charge in [-0.3, -0.25) is 4.90 Å². The van der Waals surface area contributed by atoms with Crippen LogP contribution < -0.4 is 5.32 Å². The number of nitrogens with one attached hydrogen (secondary N) is 1. The highest BCUT2D eigenvalue weighted by Gasteiger charge is 2.17. The fraction of sp³-hybridized carbons (Fsp3) is 0.667. The summed E-state index contributed by atoms with van der Waals surface area (Å²) in [5, 5.41) is 3.80. The molecule has 1 fully saturated rings. The van der Waals surface area contributed by atoms with Crippen LogP contribution in [0.25, 0.3) is 0 Å². The summed E-state index contributed by atoms with van der Waals surface area (Å²) < 4.78 is 5.40. The Kier molecular flexibility index (Phi) is 5.67. The maximum atomic E-state index is 5.40. The molecule has 21 heavy (non-hydrogen) atoms. The van der Waals surface area contributed by atoms with Gasteiger partial charge in [-0.15, -0.1) is 0 Å². The summed E-state index contributed by atoms with van der Waals surface area (Å²) in [6.45, 7) is 6.34. The maximum absolute atomic E-state index is 5.40. The standard InChI is InChI=1S/C18H28N2O/c1-3-8-17-16(6-1)7-2-4-9-18(17)19-10-5-11-20-12-14-21-15-13-20/h1,3,6,8,18-19H,2,4-5,7,9-15H2. The molecule has 1 aromatic rings. The predicted molar refractivity (Wildman–Crippen MR) is 86.6 cm³/mol. The molecule has 0 spiro atoms. The van der Waals surface area contributed by atoms with Gasteiger partial charge in [0.05, 0.1) is 13.2 Å². The van der Waals surface area contributed by atoms with Crippen molar-refractivity contribution >= 4 is 0 Å². The minimum Gasteiger partial charge on any atom is -0.379 e. The van der Waals surface area contributed by atoms with E-state index in [4.69, 9.17) is 4.74 Å². The van der Waals surface area contributed by atoms with Gasteiger partial charge in [-0.25, -0.2) is 0 Å². The maximum Gasteiger partial charge on any atom is 0.0594 e. The fourth-order valence-electron chi connectivity index (χ4n) is 3.54. The molecular weight excluding hydrogens is 260 g/mol. The third-order valence-electron chi connectivity index (χ3n) is 4.76. The first-order valence-corrected chi connectivity index (χ1v) is 8.55. The molecule has 0 saturated carbocycles. The molecule has 0 radical (unpaired) electrons. The number of hydrogen-bond acceptors (Lipinski definition) is 3. The molecule has 1 heterocycles. The molecule has 0 bridgehead atoms. The van der Waals surface area contributed by atoms with Crippen molar-refractivity contribution in [2.45, 2.75) is 38.1 Å². The first-order valence-electron chi connectivity index (χ1n) is 8.55. The Morgan fingerprint density at radius 2 is 2.00 bits per heavy atom. The molecular formula is C18H28N2O. The van der Waals surface area contributed by atoms with E-state index in [-0.39, 0.29) is 0 Å². The Hall–Kier alpha value is -0.900. The van der Waals surface area contributed by atoms with Crippen LogP contribution >= 0.6 is 0 Å². The molecule has 1 N–H and O–H groups in total. The van der Waals surface area contributed by atoms with Crippen LogP contribution in [0.4, 0.5) is 0 Å². The highest BCUT2D eigenvalue weighted by molar-refractivity contribution is 5.31. The van der Waals surface area contributed by atoms with Gasteiger partial charge in [0.25, 0.3) is 0 Å². The SMILES string of the molecule is c1ccc2c(c1)CCCCC2NCCCN1CCOCC1. The van der Waals surface area contributed by atoms with Gasteiger partial charge < -0.3 is 10.1 Å². The smallest absolute Gasteiger partial charge is 0.0594 e. The lowest BCUT2D eigenvalue weighted by Gasteiger charge is -2.27. The van der Waals surface area contributed by atoms with Crippen molar-refractivity contribution in [1.29, 1.82) is 0 Å². The Morgan fingerprint density at radius 1 is 1.14 bits per heavy atom. The average Bonchev–Trinajstić information content (AvgIpc) is 2.75. The summed E-state index contributed by atoms with van der Waals surface area (Å²) in [5.74, 6) is 0. The molecule has 1 aliphatic carbocycles. The first-order chi connectivity index (χ1) is 10.4. The van der Waals surface area contributed by atoms with E-state index in [9.17, 15) is 0 Å². The molecule has 1 atom stereocenters. The highest BCUT2D eigenvalue weighted by atomic mass is 16.5. The summed E-state index contributed by atoms with van der Waals surface area (Å²) in [6.07, 6.45) is 6.45. The Balaban J connectivity index is 1.46. The van der Waals surface area contributed by atoms with Gasteiger partial charge in [-0.1, -0.05) is 30.7 Å². The second-order valence-electron chi connectivity index (χ2n) is 6.26. The lowest BCUT2D eigenvalue weighted by atomic mass is 9.99. The fourth-order valence-corrected chi connectivity index (χ4v) is 3.54. The zero-order chi connectivity index (χ0) is 14.3. The van der Waals surface area contributed by atoms with Gasteiger partial charge in [-0.05, 0) is 49.9 Å². The Labute approximate surface area is 128 Å². The third kappa shape index (κ3) is 4.29. The topological polar surface area (TPSA) is 24.5 Å². The van der Waals surface area contributed by atoms with Crippen LogP contribution in [-0.4, -0.2) is 44.3 Å². The molecule has 2 aliphatic rings. The summed E-state index contributed by atoms with van der Waals surface area (Å²) in [5.41, 5.74) is 3.10. The van der Waals surface area contributed by atoms with E-state index in [1.807, 2.05) is 0 Å². The second-order valence-corrected chi connectivity index (χ2v) is 6.26. The van der Waals surface area contributed by atoms with Crippen molar-refractivity contribution < 1.29 is 4.74 Å². The van der Waals surface area contributed by atoms with Gasteiger partial charge in [0.15, 0.2) is 0 Å². The van der Waals surface area contributed by atoms with Gasteiger partial charge in [0.2, 0.25) is 0 Å². The number of rotatable bonds is 5. The van der Waals surface area contributed by atoms with Gasteiger partial charge in [0, 0.05) is 19.1 Å². The van der Waals surface area contributed by atoms with Crippen molar-refractivity contribution in [3.05, 3.63) is 35.4 Å². The number of fused-ring (bicyclic) bond motifs is 1. The first kappa shape index (κ1) is 15.0. The van der Waals surface area contributed by atoms with E-state index < -0.39 is 0 Å². The van der Waals surface area contributed by atoms with Crippen molar-refractivity contribution in [3.63, 3.8) is 0 Å². The van der Waals surface area contributed by atoms with Gasteiger partial charge in [0.1, 0.15) is 0 Å². The molecule has 3 nitrogen and oxygen atoms in total. The summed E-state index contributed by atoms with van der Waals surface area (Å²) in [6, 6.07) is 9.56. The molecule has 1 aromatic carbocycles. The number of hydrogen-bond donors (Lipinski definition) is 1. The van der Waals surface area contributed by atoms with Crippen molar-refractivity contribution in [1.82, 2.24) is 10.2 Å². The second kappa shape index (κ2) is 7.92. The van der Waals surface area contributed by atoms with Gasteiger partial charge in [-0.2, -0.15) is 0 Å². The van der Waals surface area contributed by atoms with Crippen LogP contribution in [0.5, 0.6) is 0 Å². The normalized spacial score (nSPS) is 23.5. The molecule has 0 aromatic heterocycles. The van der Waals surface area contributed by atoms with Crippen LogP contribution in [-0.2, 0) is 11.2 Å². The lowest BCUT2D eigenvalue weighted by Crippen LogP contribution is -2.38. The quantitative estimate of drug-likeness (QED) is 0.666. The Morgan fingerprint density at radius 3 is 2.90 bits per heavy atom. The average molecular weight is 288 g/mol. The molecule has 116 valence electrons. The molecule has 1 unspecified atom stereocenters. The minimum absolute atomic E-state index is 0.563. The summed E-state index contributed by atoms with van der Waals surface area (Å²) in [4.78, 5) is 2.52. The largest absolute Gasteiger partial charge is 0.379 e. The van der Waals surface area contributed by atoms with Crippen LogP contribution in [0.15, 0.2) is 24.3 Å². The molecule has 1 saturated heterocycles. The third-order valence-corrected chi connectivity index (χ3v) is 4.76. The zero-order valence-corrected chi connectivity index (χ0v) is 13.0. The van der Waals surface area contributed by atoms with E-state index >= 15 is 0 Å². The van der Waals surface area contributed by atoms with Crippen LogP contribution in [0.3, 0.4) is 0 Å². The van der Waals surface area contributed by atoms with E-state index in [0.717, 1.165) is 32.8 Å². The highest BCUT2D eigenvalue weighted by Crippen LogP contribution is 2.28. The molecule has 1 aliphatic heterocycles. The van der Waals surface area contributed by atoms with Crippen LogP contribution in [0, 0.1) is 0 Å². The molecule has 0 amide bonds. The minimum atomic E-state index is 0.563. The Bertz CT molecular complexity index is 429. The number of aryl methyl sites for hydroxylation is 1. The van der Waals surface area contributed by atoms with E-state index in [0.29, 0.717) is 6.04 Å². The number of benzene rings is 1. The predicted octanol–water partition coefficient (Wildman–Crippen LogP) is 2.77. The van der Waals surface area contributed by atoms with Crippen molar-refractivity contribution in [3.8, 4) is 0 Å². The summed E-state index contributed by atoms with van der Waals surface area (Å²) >= 11 is 0. The zero-order valence-electron chi connectivity index (χ0n) is 13.0. The number of nitrogens with zero attached hydrogens (tertiary/aromatic N) is 1. The molecule has 3 rings (SSSR count). The van der Waals surface area contributed by atoms with Crippen LogP contribution in [0.2, 0.25) is 0 Å². The van der Waals surface area contributed by atoms with Gasteiger partial charge >= 0.3 is 0 Å². The lowest BCUT2D eigenvalue weighted by molar-refractivity contribution is 0.0374. The van der Waals surface area contributed by atoms with Crippen molar-refractivity contribution in [2.24, 2.45) is 0 Å². The number of morpholine rings is 1. The van der Waals surface area contributed by atoms with E-state index in [1.165, 1.54) is 38.6 Å². The van der Waals surface area contributed by atoms with E-state index in [1.54, 1.807) is 11.1 Å². The van der Waals surface area contributed by atoms with E-state index in [2.05, 4.69) is 34.5 Å². The van der Waals surface area contributed by atoms with Crippen LogP contribution in [0.1, 0.15) is 42.9 Å². The monoisotopic (exact) mass is 288 g/mol. The van der Waals surface area contributed by atoms with Crippen molar-refractivity contribution in [2.75, 3.05) is 39.4 Å². The summed E-state index contributed by atoms with van der Waals surface area (Å²) in [7, 11) is 0. The number of ether oxygens (including phenoxy) is 1. The molecule has 3 heteroatoms.